The van der Waals surface area contributed by atoms with Crippen molar-refractivity contribution in [3.8, 4) is 0 Å². The Morgan fingerprint density at radius 1 is 1.22 bits per heavy atom. The molecule has 0 aliphatic rings. The lowest BCUT2D eigenvalue weighted by Crippen LogP contribution is -2.16. The van der Waals surface area contributed by atoms with E-state index >= 15 is 0 Å². The van der Waals surface area contributed by atoms with Gasteiger partial charge in [0.05, 0.1) is 28.2 Å². The molecule has 0 amide bonds. The molecule has 2 aromatic heterocycles. The van der Waals surface area contributed by atoms with Crippen LogP contribution in [0.25, 0.3) is 11.0 Å². The van der Waals surface area contributed by atoms with Gasteiger partial charge in [-0.25, -0.2) is 18.5 Å². The number of aromatic nitrogens is 4. The highest BCUT2D eigenvalue weighted by Crippen LogP contribution is 2.26. The number of fused-ring (bicyclic) bond motifs is 1. The first-order valence-electron chi connectivity index (χ1n) is 6.51. The van der Waals surface area contributed by atoms with Gasteiger partial charge < -0.3 is 5.73 Å². The molecule has 1 atom stereocenters. The third-order valence-electron chi connectivity index (χ3n) is 3.46. The standard InChI is InChI=1S/C13H13ClN6O2S/c1-20-12-9(6-17-20)11(18-13(14)19-12)10(15)7-2-4-8(5-3-7)23(16,21)22/h2-6,10H,15H2,1H3,(H2,16,21,22). The summed E-state index contributed by atoms with van der Waals surface area (Å²) in [7, 11) is -2.01. The van der Waals surface area contributed by atoms with Gasteiger partial charge in [0, 0.05) is 7.05 Å². The monoisotopic (exact) mass is 352 g/mol. The molecule has 0 saturated heterocycles. The van der Waals surface area contributed by atoms with Crippen LogP contribution in [-0.4, -0.2) is 28.2 Å². The largest absolute Gasteiger partial charge is 0.319 e. The molecule has 120 valence electrons. The third kappa shape index (κ3) is 2.91. The molecule has 0 bridgehead atoms. The number of nitrogens with two attached hydrogens (primary N) is 2. The van der Waals surface area contributed by atoms with E-state index in [2.05, 4.69) is 15.1 Å². The lowest BCUT2D eigenvalue weighted by Gasteiger charge is -2.13. The van der Waals surface area contributed by atoms with Gasteiger partial charge in [0.1, 0.15) is 0 Å². The lowest BCUT2D eigenvalue weighted by molar-refractivity contribution is 0.597. The molecule has 8 nitrogen and oxygen atoms in total. The molecule has 0 saturated carbocycles. The molecule has 2 heterocycles. The van der Waals surface area contributed by atoms with Crippen LogP contribution in [-0.2, 0) is 17.1 Å². The number of benzene rings is 1. The van der Waals surface area contributed by atoms with Gasteiger partial charge in [-0.15, -0.1) is 0 Å². The predicted molar refractivity (Wildman–Crippen MR) is 85.2 cm³/mol. The maximum absolute atomic E-state index is 11.3. The zero-order valence-electron chi connectivity index (χ0n) is 12.0. The minimum Gasteiger partial charge on any atom is -0.319 e. The summed E-state index contributed by atoms with van der Waals surface area (Å²) in [4.78, 5) is 8.33. The molecular formula is C13H13ClN6O2S. The molecule has 0 aliphatic heterocycles. The van der Waals surface area contributed by atoms with Crippen LogP contribution in [0.15, 0.2) is 35.4 Å². The summed E-state index contributed by atoms with van der Waals surface area (Å²) >= 11 is 5.95. The van der Waals surface area contributed by atoms with E-state index < -0.39 is 16.1 Å². The molecule has 3 aromatic rings. The first-order chi connectivity index (χ1) is 10.8. The maximum Gasteiger partial charge on any atom is 0.238 e. The molecule has 10 heteroatoms. The first kappa shape index (κ1) is 15.8. The third-order valence-corrected chi connectivity index (χ3v) is 4.55. The van der Waals surface area contributed by atoms with Crippen LogP contribution >= 0.6 is 11.6 Å². The molecule has 0 aliphatic carbocycles. The molecule has 3 rings (SSSR count). The van der Waals surface area contributed by atoms with Crippen LogP contribution in [0.2, 0.25) is 5.28 Å². The van der Waals surface area contributed by atoms with Crippen LogP contribution in [0.5, 0.6) is 0 Å². The number of hydrogen-bond acceptors (Lipinski definition) is 6. The van der Waals surface area contributed by atoms with Gasteiger partial charge in [0.2, 0.25) is 15.3 Å². The van der Waals surface area contributed by atoms with Crippen molar-refractivity contribution < 1.29 is 8.42 Å². The van der Waals surface area contributed by atoms with E-state index in [0.717, 1.165) is 0 Å². The number of rotatable bonds is 3. The molecule has 23 heavy (non-hydrogen) atoms. The second-order valence-electron chi connectivity index (χ2n) is 4.98. The summed E-state index contributed by atoms with van der Waals surface area (Å²) in [6.07, 6.45) is 1.61. The summed E-state index contributed by atoms with van der Waals surface area (Å²) in [6, 6.07) is 5.35. The maximum atomic E-state index is 11.3. The zero-order chi connectivity index (χ0) is 16.8. The number of primary sulfonamides is 1. The van der Waals surface area contributed by atoms with Gasteiger partial charge in [0.15, 0.2) is 5.65 Å². The van der Waals surface area contributed by atoms with Gasteiger partial charge in [-0.2, -0.15) is 10.1 Å². The highest BCUT2D eigenvalue weighted by molar-refractivity contribution is 7.89. The Kier molecular flexibility index (Phi) is 3.80. The SMILES string of the molecule is Cn1ncc2c(C(N)c3ccc(S(N)(=O)=O)cc3)nc(Cl)nc21. The zero-order valence-corrected chi connectivity index (χ0v) is 13.6. The average Bonchev–Trinajstić information content (AvgIpc) is 2.86. The van der Waals surface area contributed by atoms with Gasteiger partial charge in [-0.05, 0) is 29.3 Å². The van der Waals surface area contributed by atoms with Crippen molar-refractivity contribution in [3.05, 3.63) is 47.0 Å². The fraction of sp³-hybridized carbons (Fsp3) is 0.154. The Morgan fingerprint density at radius 3 is 2.48 bits per heavy atom. The van der Waals surface area contributed by atoms with E-state index in [1.165, 1.54) is 12.1 Å². The number of hydrogen-bond donors (Lipinski definition) is 2. The van der Waals surface area contributed by atoms with E-state index in [1.54, 1.807) is 30.1 Å². The highest BCUT2D eigenvalue weighted by atomic mass is 35.5. The Hall–Kier alpha value is -2.07. The lowest BCUT2D eigenvalue weighted by atomic mass is 10.0. The van der Waals surface area contributed by atoms with Crippen molar-refractivity contribution in [2.75, 3.05) is 0 Å². The van der Waals surface area contributed by atoms with Crippen molar-refractivity contribution in [3.63, 3.8) is 0 Å². The van der Waals surface area contributed by atoms with Crippen molar-refractivity contribution in [2.24, 2.45) is 17.9 Å². The molecule has 0 spiro atoms. The fourth-order valence-corrected chi connectivity index (χ4v) is 2.96. The summed E-state index contributed by atoms with van der Waals surface area (Å²) in [5.41, 5.74) is 7.99. The Balaban J connectivity index is 2.08. The van der Waals surface area contributed by atoms with Crippen molar-refractivity contribution in [1.29, 1.82) is 0 Å². The van der Waals surface area contributed by atoms with Crippen LogP contribution in [0.1, 0.15) is 17.3 Å². The second-order valence-corrected chi connectivity index (χ2v) is 6.87. The molecule has 1 unspecified atom stereocenters. The van der Waals surface area contributed by atoms with Crippen LogP contribution < -0.4 is 10.9 Å². The number of nitrogens with zero attached hydrogens (tertiary/aromatic N) is 4. The van der Waals surface area contributed by atoms with E-state index in [0.29, 0.717) is 22.3 Å². The topological polar surface area (TPSA) is 130 Å². The quantitative estimate of drug-likeness (QED) is 0.668. The Labute approximate surface area is 137 Å². The van der Waals surface area contributed by atoms with E-state index in [9.17, 15) is 8.42 Å². The van der Waals surface area contributed by atoms with Crippen molar-refractivity contribution >= 4 is 32.7 Å². The number of sulfonamides is 1. The summed E-state index contributed by atoms with van der Waals surface area (Å²) < 4.78 is 24.2. The fourth-order valence-electron chi connectivity index (χ4n) is 2.28. The molecule has 1 aromatic carbocycles. The number of aryl methyl sites for hydroxylation is 1. The summed E-state index contributed by atoms with van der Waals surface area (Å²) in [5.74, 6) is 0. The van der Waals surface area contributed by atoms with Crippen LogP contribution in [0.4, 0.5) is 0 Å². The first-order valence-corrected chi connectivity index (χ1v) is 8.43. The van der Waals surface area contributed by atoms with Crippen molar-refractivity contribution in [2.45, 2.75) is 10.9 Å². The van der Waals surface area contributed by atoms with Gasteiger partial charge in [0.25, 0.3) is 0 Å². The number of halogens is 1. The minimum atomic E-state index is -3.75. The van der Waals surface area contributed by atoms with E-state index in [4.69, 9.17) is 22.5 Å². The summed E-state index contributed by atoms with van der Waals surface area (Å²) in [6.45, 7) is 0. The van der Waals surface area contributed by atoms with Gasteiger partial charge >= 0.3 is 0 Å². The van der Waals surface area contributed by atoms with Crippen LogP contribution in [0.3, 0.4) is 0 Å². The van der Waals surface area contributed by atoms with Crippen molar-refractivity contribution in [1.82, 2.24) is 19.7 Å². The van der Waals surface area contributed by atoms with E-state index in [1.807, 2.05) is 0 Å². The molecule has 0 fully saturated rings. The second kappa shape index (κ2) is 5.53. The van der Waals surface area contributed by atoms with Crippen LogP contribution in [0, 0.1) is 0 Å². The Bertz CT molecular complexity index is 984. The predicted octanol–water partition coefficient (Wildman–Crippen LogP) is 0.712. The average molecular weight is 353 g/mol. The summed E-state index contributed by atoms with van der Waals surface area (Å²) in [5, 5.41) is 9.95. The minimum absolute atomic E-state index is 0.0145. The highest BCUT2D eigenvalue weighted by Gasteiger charge is 2.19. The van der Waals surface area contributed by atoms with Gasteiger partial charge in [-0.3, -0.25) is 4.68 Å². The molecular weight excluding hydrogens is 340 g/mol. The Morgan fingerprint density at radius 2 is 1.87 bits per heavy atom. The van der Waals surface area contributed by atoms with Gasteiger partial charge in [-0.1, -0.05) is 12.1 Å². The normalized spacial score (nSPS) is 13.4. The van der Waals surface area contributed by atoms with E-state index in [-0.39, 0.29) is 10.2 Å². The molecule has 0 radical (unpaired) electrons. The smallest absolute Gasteiger partial charge is 0.238 e. The molecule has 4 N–H and O–H groups in total.